The predicted molar refractivity (Wildman–Crippen MR) is 126 cm³/mol. The first kappa shape index (κ1) is 20.1. The van der Waals surface area contributed by atoms with E-state index >= 15 is 0 Å². The monoisotopic (exact) mass is 448 g/mol. The molecule has 1 aliphatic heterocycles. The van der Waals surface area contributed by atoms with Crippen molar-refractivity contribution in [1.82, 2.24) is 20.3 Å². The Bertz CT molecular complexity index is 1350. The molecular weight excluding hydrogens is 428 g/mol. The van der Waals surface area contributed by atoms with Crippen molar-refractivity contribution in [1.29, 1.82) is 0 Å². The zero-order valence-corrected chi connectivity index (χ0v) is 18.3. The average molecular weight is 449 g/mol. The van der Waals surface area contributed by atoms with Crippen molar-refractivity contribution in [2.24, 2.45) is 0 Å². The third kappa shape index (κ3) is 3.29. The highest BCUT2D eigenvalue weighted by atomic mass is 35.5. The molecule has 4 heterocycles. The minimum Gasteiger partial charge on any atom is -0.493 e. The van der Waals surface area contributed by atoms with Crippen LogP contribution in [-0.4, -0.2) is 41.6 Å². The van der Waals surface area contributed by atoms with Crippen molar-refractivity contribution < 1.29 is 9.53 Å². The number of aromatic amines is 1. The van der Waals surface area contributed by atoms with Crippen LogP contribution in [-0.2, 0) is 6.42 Å². The molecule has 32 heavy (non-hydrogen) atoms. The zero-order valence-electron chi connectivity index (χ0n) is 17.5. The fraction of sp³-hybridized carbons (Fsp3) is 0.174. The molecule has 8 nitrogen and oxygen atoms in total. The van der Waals surface area contributed by atoms with Gasteiger partial charge in [0.15, 0.2) is 5.75 Å². The number of halogens is 1. The zero-order chi connectivity index (χ0) is 22.2. The number of pyridine rings is 2. The van der Waals surface area contributed by atoms with E-state index in [9.17, 15) is 4.79 Å². The number of methoxy groups -OCH3 is 1. The Morgan fingerprint density at radius 2 is 2.06 bits per heavy atom. The third-order valence-electron chi connectivity index (χ3n) is 5.51. The number of H-pyrrole nitrogens is 1. The van der Waals surface area contributed by atoms with Crippen LogP contribution in [0.15, 0.2) is 42.6 Å². The molecule has 0 aliphatic carbocycles. The van der Waals surface area contributed by atoms with Crippen LogP contribution in [0.25, 0.3) is 22.3 Å². The van der Waals surface area contributed by atoms with Gasteiger partial charge in [-0.05, 0) is 30.3 Å². The number of amides is 1. The summed E-state index contributed by atoms with van der Waals surface area (Å²) in [5.41, 5.74) is 5.79. The predicted octanol–water partition coefficient (Wildman–Crippen LogP) is 4.36. The number of benzene rings is 1. The fourth-order valence-corrected chi connectivity index (χ4v) is 4.27. The molecule has 0 spiro atoms. The van der Waals surface area contributed by atoms with Gasteiger partial charge in [-0.25, -0.2) is 4.98 Å². The molecule has 4 N–H and O–H groups in total. The molecule has 1 aromatic carbocycles. The maximum absolute atomic E-state index is 12.9. The molecule has 0 radical (unpaired) electrons. The number of nitrogens with one attached hydrogen (secondary N) is 4. The number of hydrogen-bond acceptors (Lipinski definition) is 6. The van der Waals surface area contributed by atoms with Crippen molar-refractivity contribution in [2.45, 2.75) is 6.42 Å². The van der Waals surface area contributed by atoms with Crippen molar-refractivity contribution in [2.75, 3.05) is 31.3 Å². The molecular formula is C23H21ClN6O2. The molecule has 0 fully saturated rings. The number of fused-ring (bicyclic) bond motifs is 2. The maximum Gasteiger partial charge on any atom is 0.255 e. The minimum absolute atomic E-state index is 0.139. The minimum atomic E-state index is -0.139. The van der Waals surface area contributed by atoms with Gasteiger partial charge in [-0.2, -0.15) is 0 Å². The van der Waals surface area contributed by atoms with Crippen LogP contribution in [0.4, 0.5) is 17.2 Å². The molecule has 4 aromatic rings. The molecule has 0 saturated heterocycles. The van der Waals surface area contributed by atoms with Gasteiger partial charge in [0, 0.05) is 37.5 Å². The Balaban J connectivity index is 1.76. The Morgan fingerprint density at radius 1 is 1.19 bits per heavy atom. The number of aromatic nitrogens is 3. The van der Waals surface area contributed by atoms with E-state index in [0.29, 0.717) is 40.7 Å². The lowest BCUT2D eigenvalue weighted by Gasteiger charge is -2.17. The van der Waals surface area contributed by atoms with Crippen LogP contribution in [0, 0.1) is 0 Å². The van der Waals surface area contributed by atoms with Gasteiger partial charge in [-0.3, -0.25) is 9.78 Å². The van der Waals surface area contributed by atoms with E-state index in [4.69, 9.17) is 21.3 Å². The van der Waals surface area contributed by atoms with E-state index in [1.165, 1.54) is 0 Å². The summed E-state index contributed by atoms with van der Waals surface area (Å²) in [6.07, 6.45) is 2.43. The summed E-state index contributed by atoms with van der Waals surface area (Å²) >= 11 is 6.33. The molecule has 3 aromatic heterocycles. The summed E-state index contributed by atoms with van der Waals surface area (Å²) < 4.78 is 5.51. The third-order valence-corrected chi connectivity index (χ3v) is 5.80. The lowest BCUT2D eigenvalue weighted by atomic mass is 10.0. The van der Waals surface area contributed by atoms with Crippen LogP contribution in [0.5, 0.6) is 5.75 Å². The number of anilines is 3. The molecule has 5 rings (SSSR count). The summed E-state index contributed by atoms with van der Waals surface area (Å²) in [7, 11) is 3.38. The summed E-state index contributed by atoms with van der Waals surface area (Å²) in [6.45, 7) is 0.574. The van der Waals surface area contributed by atoms with Crippen molar-refractivity contribution in [3.63, 3.8) is 0 Å². The molecule has 0 bridgehead atoms. The molecule has 1 amide bonds. The largest absolute Gasteiger partial charge is 0.493 e. The van der Waals surface area contributed by atoms with Crippen molar-refractivity contribution in [3.8, 4) is 17.0 Å². The topological polar surface area (TPSA) is 104 Å². The van der Waals surface area contributed by atoms with E-state index < -0.39 is 0 Å². The number of para-hydroxylation sites is 1. The van der Waals surface area contributed by atoms with Gasteiger partial charge in [0.2, 0.25) is 0 Å². The summed E-state index contributed by atoms with van der Waals surface area (Å²) in [5.74, 6) is 1.09. The highest BCUT2D eigenvalue weighted by Crippen LogP contribution is 2.42. The Hall–Kier alpha value is -3.78. The fourth-order valence-electron chi connectivity index (χ4n) is 4.02. The number of ether oxygens (including phenoxy) is 1. The highest BCUT2D eigenvalue weighted by molar-refractivity contribution is 6.32. The second-order valence-corrected chi connectivity index (χ2v) is 7.76. The van der Waals surface area contributed by atoms with Gasteiger partial charge in [0.05, 0.1) is 40.3 Å². The van der Waals surface area contributed by atoms with Gasteiger partial charge in [-0.15, -0.1) is 0 Å². The normalized spacial score (nSPS) is 12.9. The van der Waals surface area contributed by atoms with Gasteiger partial charge in [-0.1, -0.05) is 17.7 Å². The van der Waals surface area contributed by atoms with E-state index in [-0.39, 0.29) is 5.91 Å². The highest BCUT2D eigenvalue weighted by Gasteiger charge is 2.28. The van der Waals surface area contributed by atoms with Crippen molar-refractivity contribution >= 4 is 45.7 Å². The number of nitrogens with zero attached hydrogens (tertiary/aromatic N) is 2. The summed E-state index contributed by atoms with van der Waals surface area (Å²) in [6, 6.07) is 11.1. The molecule has 162 valence electrons. The molecule has 0 unspecified atom stereocenters. The van der Waals surface area contributed by atoms with Crippen LogP contribution in [0.2, 0.25) is 5.02 Å². The first-order valence-electron chi connectivity index (χ1n) is 10.2. The second kappa shape index (κ2) is 8.05. The van der Waals surface area contributed by atoms with Crippen LogP contribution in [0.3, 0.4) is 0 Å². The SMILES string of the molecule is CNc1ccc2nccc(-c3[nH]c4c(c3Nc3cccc(Cl)c3OC)C(=O)NCC4)c2n1. The first-order chi connectivity index (χ1) is 15.6. The quantitative estimate of drug-likeness (QED) is 0.361. The Labute approximate surface area is 189 Å². The van der Waals surface area contributed by atoms with E-state index in [1.54, 1.807) is 19.4 Å². The van der Waals surface area contributed by atoms with Crippen molar-refractivity contribution in [3.05, 3.63) is 58.9 Å². The number of carbonyl (C=O) groups excluding carboxylic acids is 1. The smallest absolute Gasteiger partial charge is 0.255 e. The second-order valence-electron chi connectivity index (χ2n) is 7.35. The van der Waals surface area contributed by atoms with Gasteiger partial charge >= 0.3 is 0 Å². The standard InChI is InChI=1S/C23H21ClN6O2/c1-25-17-7-6-15-19(30-17)12(8-10-26-15)20-21(18-14(28-20)9-11-27-23(18)31)29-16-5-3-4-13(24)22(16)32-2/h3-8,10,28-29H,9,11H2,1-2H3,(H,25,30)(H,27,31). The van der Waals surface area contributed by atoms with E-state index in [2.05, 4.69) is 25.9 Å². The summed E-state index contributed by atoms with van der Waals surface area (Å²) in [5, 5.41) is 9.87. The lowest BCUT2D eigenvalue weighted by Crippen LogP contribution is -2.31. The molecule has 1 aliphatic rings. The van der Waals surface area contributed by atoms with Crippen LogP contribution >= 0.6 is 11.6 Å². The molecule has 0 atom stereocenters. The lowest BCUT2D eigenvalue weighted by molar-refractivity contribution is 0.0947. The number of hydrogen-bond donors (Lipinski definition) is 4. The Kier molecular flexibility index (Phi) is 5.07. The molecule has 9 heteroatoms. The van der Waals surface area contributed by atoms with Crippen LogP contribution in [0.1, 0.15) is 16.1 Å². The maximum atomic E-state index is 12.9. The number of carbonyl (C=O) groups is 1. The van der Waals surface area contributed by atoms with Gasteiger partial charge < -0.3 is 25.7 Å². The number of rotatable bonds is 5. The average Bonchev–Trinajstić information content (AvgIpc) is 3.17. The molecule has 0 saturated carbocycles. The van der Waals surface area contributed by atoms with E-state index in [1.807, 2.05) is 37.4 Å². The van der Waals surface area contributed by atoms with Crippen LogP contribution < -0.4 is 20.7 Å². The van der Waals surface area contributed by atoms with E-state index in [0.717, 1.165) is 33.8 Å². The van der Waals surface area contributed by atoms with Gasteiger partial charge in [0.25, 0.3) is 5.91 Å². The Morgan fingerprint density at radius 3 is 2.88 bits per heavy atom. The summed E-state index contributed by atoms with van der Waals surface area (Å²) in [4.78, 5) is 25.5. The van der Waals surface area contributed by atoms with Gasteiger partial charge in [0.1, 0.15) is 11.3 Å². The first-order valence-corrected chi connectivity index (χ1v) is 10.5.